The molecule has 158 valence electrons. The van der Waals surface area contributed by atoms with E-state index in [0.29, 0.717) is 29.0 Å². The summed E-state index contributed by atoms with van der Waals surface area (Å²) in [5.74, 6) is -0.506. The molecule has 0 saturated heterocycles. The Hall–Kier alpha value is -3.46. The van der Waals surface area contributed by atoms with Gasteiger partial charge in [-0.05, 0) is 44.0 Å². The number of benzene rings is 1. The minimum Gasteiger partial charge on any atom is -0.375 e. The van der Waals surface area contributed by atoms with E-state index in [4.69, 9.17) is 4.74 Å². The highest BCUT2D eigenvalue weighted by Gasteiger charge is 2.16. The van der Waals surface area contributed by atoms with Gasteiger partial charge in [0.15, 0.2) is 0 Å². The molecule has 0 atom stereocenters. The molecule has 0 bridgehead atoms. The fourth-order valence-electron chi connectivity index (χ4n) is 3.52. The van der Waals surface area contributed by atoms with E-state index in [9.17, 15) is 14.4 Å². The monoisotopic (exact) mass is 411 g/mol. The fourth-order valence-corrected chi connectivity index (χ4v) is 3.52. The van der Waals surface area contributed by atoms with Crippen LogP contribution in [0.1, 0.15) is 23.2 Å². The predicted octanol–water partition coefficient (Wildman–Crippen LogP) is 2.03. The second-order valence-corrected chi connectivity index (χ2v) is 7.10. The van der Waals surface area contributed by atoms with E-state index in [1.807, 2.05) is 13.8 Å². The average molecular weight is 411 g/mol. The van der Waals surface area contributed by atoms with Crippen molar-refractivity contribution in [2.45, 2.75) is 26.7 Å². The van der Waals surface area contributed by atoms with Crippen molar-refractivity contribution >= 4 is 34.2 Å². The molecule has 1 aromatic carbocycles. The Labute approximate surface area is 173 Å². The van der Waals surface area contributed by atoms with Crippen molar-refractivity contribution in [3.63, 3.8) is 0 Å². The van der Waals surface area contributed by atoms with Crippen LogP contribution in [0.25, 0.3) is 11.0 Å². The van der Waals surface area contributed by atoms with Crippen molar-refractivity contribution in [2.24, 2.45) is 7.05 Å². The number of aromatic amines is 1. The number of ether oxygens (including phenoxy) is 1. The van der Waals surface area contributed by atoms with Crippen LogP contribution < -0.4 is 16.2 Å². The maximum absolute atomic E-state index is 12.5. The molecule has 0 spiro atoms. The molecule has 9 nitrogen and oxygen atoms in total. The molecule has 0 aliphatic heterocycles. The summed E-state index contributed by atoms with van der Waals surface area (Å²) < 4.78 is 6.43. The van der Waals surface area contributed by atoms with Crippen LogP contribution in [0.2, 0.25) is 0 Å². The van der Waals surface area contributed by atoms with Gasteiger partial charge in [0.2, 0.25) is 11.8 Å². The average Bonchev–Trinajstić information content (AvgIpc) is 2.95. The third-order valence-electron chi connectivity index (χ3n) is 4.86. The normalized spacial score (nSPS) is 10.9. The Kier molecular flexibility index (Phi) is 6.31. The molecule has 0 radical (unpaired) electrons. The molecule has 2 aromatic heterocycles. The van der Waals surface area contributed by atoms with Crippen molar-refractivity contribution < 1.29 is 14.3 Å². The maximum Gasteiger partial charge on any atom is 0.253 e. The standard InChI is InChI=1S/C21H25N5O4/c1-12-16(21(29)24-20-19(12)13(2)25-26(20)3)8-9-17(27)22-14-6-5-7-15(10-14)23-18(28)11-30-4/h5-7,10H,8-9,11H2,1-4H3,(H,22,27)(H,23,28)(H,24,29). The topological polar surface area (TPSA) is 118 Å². The number of anilines is 2. The van der Waals surface area contributed by atoms with E-state index in [2.05, 4.69) is 20.7 Å². The van der Waals surface area contributed by atoms with E-state index < -0.39 is 0 Å². The molecule has 0 aliphatic rings. The summed E-state index contributed by atoms with van der Waals surface area (Å²) in [6, 6.07) is 6.84. The van der Waals surface area contributed by atoms with Gasteiger partial charge in [-0.2, -0.15) is 5.10 Å². The van der Waals surface area contributed by atoms with Gasteiger partial charge in [0, 0.05) is 42.9 Å². The zero-order valence-corrected chi connectivity index (χ0v) is 17.5. The second-order valence-electron chi connectivity index (χ2n) is 7.10. The Morgan fingerprint density at radius 1 is 1.17 bits per heavy atom. The van der Waals surface area contributed by atoms with Crippen molar-refractivity contribution in [3.8, 4) is 0 Å². The molecule has 2 heterocycles. The molecule has 0 unspecified atom stereocenters. The van der Waals surface area contributed by atoms with Crippen molar-refractivity contribution in [2.75, 3.05) is 24.4 Å². The van der Waals surface area contributed by atoms with Crippen LogP contribution in [0.5, 0.6) is 0 Å². The van der Waals surface area contributed by atoms with E-state index in [1.54, 1.807) is 36.0 Å². The van der Waals surface area contributed by atoms with Gasteiger partial charge in [-0.25, -0.2) is 0 Å². The predicted molar refractivity (Wildman–Crippen MR) is 115 cm³/mol. The molecule has 3 N–H and O–H groups in total. The highest BCUT2D eigenvalue weighted by Crippen LogP contribution is 2.21. The minimum atomic E-state index is -0.281. The third-order valence-corrected chi connectivity index (χ3v) is 4.86. The number of rotatable bonds is 7. The van der Waals surface area contributed by atoms with Crippen molar-refractivity contribution in [3.05, 3.63) is 51.4 Å². The number of aryl methyl sites for hydroxylation is 3. The Morgan fingerprint density at radius 3 is 2.50 bits per heavy atom. The van der Waals surface area contributed by atoms with Crippen molar-refractivity contribution in [1.29, 1.82) is 0 Å². The lowest BCUT2D eigenvalue weighted by Crippen LogP contribution is -2.19. The first-order chi connectivity index (χ1) is 14.3. The number of fused-ring (bicyclic) bond motifs is 1. The summed E-state index contributed by atoms with van der Waals surface area (Å²) in [5, 5.41) is 10.7. The van der Waals surface area contributed by atoms with E-state index in [-0.39, 0.29) is 30.4 Å². The lowest BCUT2D eigenvalue weighted by molar-refractivity contribution is -0.119. The molecule has 0 fully saturated rings. The zero-order valence-electron chi connectivity index (χ0n) is 17.5. The minimum absolute atomic E-state index is 0.0504. The first-order valence-corrected chi connectivity index (χ1v) is 9.54. The van der Waals surface area contributed by atoms with Gasteiger partial charge in [0.25, 0.3) is 5.56 Å². The Morgan fingerprint density at radius 2 is 1.83 bits per heavy atom. The van der Waals surface area contributed by atoms with Crippen LogP contribution in [0.4, 0.5) is 11.4 Å². The van der Waals surface area contributed by atoms with Crippen LogP contribution in [-0.4, -0.2) is 40.3 Å². The van der Waals surface area contributed by atoms with Crippen molar-refractivity contribution in [1.82, 2.24) is 14.8 Å². The number of H-pyrrole nitrogens is 1. The largest absolute Gasteiger partial charge is 0.375 e. The fraction of sp³-hybridized carbons (Fsp3) is 0.333. The summed E-state index contributed by atoms with van der Waals surface area (Å²) in [7, 11) is 3.22. The van der Waals surface area contributed by atoms with E-state index in [0.717, 1.165) is 16.6 Å². The lowest BCUT2D eigenvalue weighted by Gasteiger charge is -2.10. The summed E-state index contributed by atoms with van der Waals surface area (Å²) in [6.07, 6.45) is 0.455. The molecule has 3 rings (SSSR count). The summed E-state index contributed by atoms with van der Waals surface area (Å²) in [4.78, 5) is 39.4. The number of amides is 2. The lowest BCUT2D eigenvalue weighted by atomic mass is 10.0. The molecular formula is C21H25N5O4. The molecule has 3 aromatic rings. The number of methoxy groups -OCH3 is 1. The number of nitrogens with one attached hydrogen (secondary N) is 3. The number of nitrogens with zero attached hydrogens (tertiary/aromatic N) is 2. The SMILES string of the molecule is COCC(=O)Nc1cccc(NC(=O)CCc2c(C)c3c(C)nn(C)c3[nH]c2=O)c1. The molecule has 0 saturated carbocycles. The van der Waals surface area contributed by atoms with Gasteiger partial charge < -0.3 is 20.4 Å². The quantitative estimate of drug-likeness (QED) is 0.550. The number of pyridine rings is 1. The molecule has 2 amide bonds. The van der Waals surface area contributed by atoms with Crippen LogP contribution in [0.3, 0.4) is 0 Å². The summed E-state index contributed by atoms with van der Waals surface area (Å²) >= 11 is 0. The highest BCUT2D eigenvalue weighted by atomic mass is 16.5. The van der Waals surface area contributed by atoms with Gasteiger partial charge in [-0.1, -0.05) is 6.07 Å². The number of carbonyl (C=O) groups is 2. The van der Waals surface area contributed by atoms with Gasteiger partial charge in [0.05, 0.1) is 5.69 Å². The summed E-state index contributed by atoms with van der Waals surface area (Å²) in [6.45, 7) is 3.72. The van der Waals surface area contributed by atoms with Gasteiger partial charge in [0.1, 0.15) is 12.3 Å². The first kappa shape index (κ1) is 21.3. The third kappa shape index (κ3) is 4.57. The van der Waals surface area contributed by atoms with Gasteiger partial charge >= 0.3 is 0 Å². The second kappa shape index (κ2) is 8.91. The van der Waals surface area contributed by atoms with E-state index >= 15 is 0 Å². The summed E-state index contributed by atoms with van der Waals surface area (Å²) in [5.41, 5.74) is 3.83. The zero-order chi connectivity index (χ0) is 21.8. The van der Waals surface area contributed by atoms with Crippen LogP contribution >= 0.6 is 0 Å². The number of aromatic nitrogens is 3. The van der Waals surface area contributed by atoms with E-state index in [1.165, 1.54) is 7.11 Å². The van der Waals surface area contributed by atoms with Crippen LogP contribution in [0, 0.1) is 13.8 Å². The first-order valence-electron chi connectivity index (χ1n) is 9.54. The highest BCUT2D eigenvalue weighted by molar-refractivity contribution is 5.94. The van der Waals surface area contributed by atoms with Gasteiger partial charge in [-0.3, -0.25) is 19.1 Å². The number of hydrogen-bond donors (Lipinski definition) is 3. The van der Waals surface area contributed by atoms with Gasteiger partial charge in [-0.15, -0.1) is 0 Å². The number of hydrogen-bond acceptors (Lipinski definition) is 5. The molecule has 30 heavy (non-hydrogen) atoms. The van der Waals surface area contributed by atoms with Crippen LogP contribution in [0.15, 0.2) is 29.1 Å². The number of carbonyl (C=O) groups excluding carboxylic acids is 2. The maximum atomic E-state index is 12.5. The Balaban J connectivity index is 1.69. The molecular weight excluding hydrogens is 386 g/mol. The molecule has 0 aliphatic carbocycles. The van der Waals surface area contributed by atoms with Crippen LogP contribution in [-0.2, 0) is 27.8 Å². The smallest absolute Gasteiger partial charge is 0.253 e. The molecule has 9 heteroatoms. The Bertz CT molecular complexity index is 1160.